The first-order valence-electron chi connectivity index (χ1n) is 6.19. The van der Waals surface area contributed by atoms with Crippen LogP contribution in [0, 0.1) is 10.1 Å². The summed E-state index contributed by atoms with van der Waals surface area (Å²) >= 11 is 5.90. The molecule has 0 unspecified atom stereocenters. The van der Waals surface area contributed by atoms with Gasteiger partial charge in [-0.05, 0) is 12.0 Å². The van der Waals surface area contributed by atoms with Gasteiger partial charge in [0.15, 0.2) is 5.82 Å². The van der Waals surface area contributed by atoms with Crippen LogP contribution in [0.25, 0.3) is 0 Å². The highest BCUT2D eigenvalue weighted by molar-refractivity contribution is 6.35. The lowest BCUT2D eigenvalue weighted by molar-refractivity contribution is -0.385. The standard InChI is InChI=1S/C13H13ClN4O3/c1-7(2)9-6-11(17-16-9)15-13(19)12-8(14)4-3-5-10(12)18(20)21/h3-7H,1-2H3,(H2,15,16,17,19). The van der Waals surface area contributed by atoms with Crippen molar-refractivity contribution in [2.75, 3.05) is 5.32 Å². The van der Waals surface area contributed by atoms with Crippen molar-refractivity contribution in [3.63, 3.8) is 0 Å². The second kappa shape index (κ2) is 5.92. The molecule has 0 spiro atoms. The van der Waals surface area contributed by atoms with E-state index in [1.807, 2.05) is 13.8 Å². The van der Waals surface area contributed by atoms with Gasteiger partial charge in [0.25, 0.3) is 11.6 Å². The molecule has 0 fully saturated rings. The van der Waals surface area contributed by atoms with Crippen LogP contribution < -0.4 is 5.32 Å². The minimum atomic E-state index is -0.672. The number of halogens is 1. The van der Waals surface area contributed by atoms with E-state index in [-0.39, 0.29) is 28.0 Å². The third kappa shape index (κ3) is 3.19. The number of aromatic nitrogens is 2. The molecule has 8 heteroatoms. The average Bonchev–Trinajstić information content (AvgIpc) is 2.86. The molecule has 1 amide bonds. The molecule has 0 radical (unpaired) electrons. The molecule has 0 atom stereocenters. The van der Waals surface area contributed by atoms with Crippen molar-refractivity contribution < 1.29 is 9.72 Å². The van der Waals surface area contributed by atoms with Gasteiger partial charge in [0.1, 0.15) is 5.56 Å². The number of nitrogens with zero attached hydrogens (tertiary/aromatic N) is 2. The Morgan fingerprint density at radius 2 is 2.19 bits per heavy atom. The number of nitro benzene ring substituents is 1. The molecule has 2 rings (SSSR count). The Bertz CT molecular complexity index is 696. The van der Waals surface area contributed by atoms with E-state index in [4.69, 9.17) is 11.6 Å². The van der Waals surface area contributed by atoms with E-state index in [0.717, 1.165) is 5.69 Å². The molecule has 0 aliphatic carbocycles. The summed E-state index contributed by atoms with van der Waals surface area (Å²) in [6.45, 7) is 3.94. The first-order chi connectivity index (χ1) is 9.90. The fourth-order valence-corrected chi connectivity index (χ4v) is 2.02. The predicted molar refractivity (Wildman–Crippen MR) is 78.7 cm³/mol. The van der Waals surface area contributed by atoms with Crippen LogP contribution in [0.15, 0.2) is 24.3 Å². The van der Waals surface area contributed by atoms with E-state index in [1.54, 1.807) is 6.07 Å². The van der Waals surface area contributed by atoms with E-state index >= 15 is 0 Å². The van der Waals surface area contributed by atoms with Gasteiger partial charge in [-0.2, -0.15) is 5.10 Å². The van der Waals surface area contributed by atoms with Crippen molar-refractivity contribution in [1.29, 1.82) is 0 Å². The summed E-state index contributed by atoms with van der Waals surface area (Å²) in [4.78, 5) is 22.5. The van der Waals surface area contributed by atoms with E-state index in [9.17, 15) is 14.9 Å². The number of carbonyl (C=O) groups excluding carboxylic acids is 1. The number of aromatic amines is 1. The lowest BCUT2D eigenvalue weighted by Gasteiger charge is -2.05. The van der Waals surface area contributed by atoms with Crippen LogP contribution >= 0.6 is 11.6 Å². The number of H-pyrrole nitrogens is 1. The van der Waals surface area contributed by atoms with Crippen molar-refractivity contribution in [1.82, 2.24) is 10.2 Å². The van der Waals surface area contributed by atoms with Gasteiger partial charge in [-0.3, -0.25) is 20.0 Å². The van der Waals surface area contributed by atoms with Gasteiger partial charge in [0, 0.05) is 17.8 Å². The van der Waals surface area contributed by atoms with Gasteiger partial charge < -0.3 is 5.32 Å². The van der Waals surface area contributed by atoms with Gasteiger partial charge in [-0.1, -0.05) is 31.5 Å². The minimum absolute atomic E-state index is 0.0151. The summed E-state index contributed by atoms with van der Waals surface area (Å²) in [5, 5.41) is 20.2. The van der Waals surface area contributed by atoms with Gasteiger partial charge in [0.2, 0.25) is 0 Å². The van der Waals surface area contributed by atoms with Crippen molar-refractivity contribution in [3.8, 4) is 0 Å². The van der Waals surface area contributed by atoms with E-state index < -0.39 is 10.8 Å². The number of hydrogen-bond acceptors (Lipinski definition) is 4. The van der Waals surface area contributed by atoms with Crippen molar-refractivity contribution in [2.24, 2.45) is 0 Å². The molecule has 2 N–H and O–H groups in total. The number of rotatable bonds is 4. The Morgan fingerprint density at radius 1 is 1.48 bits per heavy atom. The van der Waals surface area contributed by atoms with Crippen LogP contribution in [0.1, 0.15) is 35.8 Å². The normalized spacial score (nSPS) is 10.7. The Kier molecular flexibility index (Phi) is 4.23. The van der Waals surface area contributed by atoms with Crippen LogP contribution in [-0.4, -0.2) is 21.0 Å². The highest BCUT2D eigenvalue weighted by Gasteiger charge is 2.24. The summed E-state index contributed by atoms with van der Waals surface area (Å²) in [7, 11) is 0. The number of carbonyl (C=O) groups is 1. The van der Waals surface area contributed by atoms with E-state index in [0.29, 0.717) is 0 Å². The molecule has 110 valence electrons. The molecule has 0 saturated heterocycles. The van der Waals surface area contributed by atoms with Crippen LogP contribution in [0.4, 0.5) is 11.5 Å². The Hall–Kier alpha value is -2.41. The molecule has 1 heterocycles. The quantitative estimate of drug-likeness (QED) is 0.668. The summed E-state index contributed by atoms with van der Waals surface area (Å²) < 4.78 is 0. The van der Waals surface area contributed by atoms with Gasteiger partial charge >= 0.3 is 0 Å². The maximum absolute atomic E-state index is 12.2. The molecular weight excluding hydrogens is 296 g/mol. The van der Waals surface area contributed by atoms with Crippen molar-refractivity contribution >= 4 is 29.0 Å². The SMILES string of the molecule is CC(C)c1cc(NC(=O)c2c(Cl)cccc2[N+](=O)[O-])n[nH]1. The molecular formula is C13H13ClN4O3. The molecule has 1 aromatic heterocycles. The molecule has 1 aromatic carbocycles. The number of amides is 1. The Labute approximate surface area is 125 Å². The number of hydrogen-bond donors (Lipinski definition) is 2. The van der Waals surface area contributed by atoms with Crippen molar-refractivity contribution in [2.45, 2.75) is 19.8 Å². The first-order valence-corrected chi connectivity index (χ1v) is 6.57. The first kappa shape index (κ1) is 15.0. The fourth-order valence-electron chi connectivity index (χ4n) is 1.76. The number of benzene rings is 1. The highest BCUT2D eigenvalue weighted by atomic mass is 35.5. The third-order valence-corrected chi connectivity index (χ3v) is 3.19. The molecule has 2 aromatic rings. The van der Waals surface area contributed by atoms with Gasteiger partial charge in [0.05, 0.1) is 9.95 Å². The molecule has 21 heavy (non-hydrogen) atoms. The fraction of sp³-hybridized carbons (Fsp3) is 0.231. The van der Waals surface area contributed by atoms with Crippen LogP contribution in [0.2, 0.25) is 5.02 Å². The van der Waals surface area contributed by atoms with Crippen LogP contribution in [-0.2, 0) is 0 Å². The van der Waals surface area contributed by atoms with Crippen LogP contribution in [0.5, 0.6) is 0 Å². The summed E-state index contributed by atoms with van der Waals surface area (Å²) in [5.74, 6) is -0.162. The molecule has 7 nitrogen and oxygen atoms in total. The topological polar surface area (TPSA) is 101 Å². The smallest absolute Gasteiger partial charge is 0.283 e. The zero-order chi connectivity index (χ0) is 15.6. The van der Waals surface area contributed by atoms with Crippen LogP contribution in [0.3, 0.4) is 0 Å². The zero-order valence-electron chi connectivity index (χ0n) is 11.4. The Balaban J connectivity index is 2.30. The van der Waals surface area contributed by atoms with E-state index in [2.05, 4.69) is 15.5 Å². The summed E-state index contributed by atoms with van der Waals surface area (Å²) in [5.41, 5.74) is 0.317. The monoisotopic (exact) mass is 308 g/mol. The predicted octanol–water partition coefficient (Wildman–Crippen LogP) is 3.35. The molecule has 0 aliphatic rings. The second-order valence-corrected chi connectivity index (χ2v) is 5.12. The Morgan fingerprint density at radius 3 is 2.76 bits per heavy atom. The zero-order valence-corrected chi connectivity index (χ0v) is 12.1. The molecule has 0 bridgehead atoms. The number of nitro groups is 1. The van der Waals surface area contributed by atoms with Crippen molar-refractivity contribution in [3.05, 3.63) is 50.7 Å². The molecule has 0 saturated carbocycles. The number of anilines is 1. The summed E-state index contributed by atoms with van der Waals surface area (Å²) in [6, 6.07) is 5.74. The third-order valence-electron chi connectivity index (χ3n) is 2.88. The minimum Gasteiger partial charge on any atom is -0.305 e. The van der Waals surface area contributed by atoms with E-state index in [1.165, 1.54) is 18.2 Å². The second-order valence-electron chi connectivity index (χ2n) is 4.71. The maximum Gasteiger partial charge on any atom is 0.283 e. The average molecular weight is 309 g/mol. The summed E-state index contributed by atoms with van der Waals surface area (Å²) in [6.07, 6.45) is 0. The largest absolute Gasteiger partial charge is 0.305 e. The molecule has 0 aliphatic heterocycles. The van der Waals surface area contributed by atoms with Gasteiger partial charge in [-0.15, -0.1) is 0 Å². The lowest BCUT2D eigenvalue weighted by Crippen LogP contribution is -2.14. The van der Waals surface area contributed by atoms with Gasteiger partial charge in [-0.25, -0.2) is 0 Å². The highest BCUT2D eigenvalue weighted by Crippen LogP contribution is 2.27. The lowest BCUT2D eigenvalue weighted by atomic mass is 10.1. The number of nitrogens with one attached hydrogen (secondary N) is 2. The maximum atomic E-state index is 12.2.